The first-order valence-corrected chi connectivity index (χ1v) is 26.8. The van der Waals surface area contributed by atoms with Gasteiger partial charge in [0.1, 0.15) is 0 Å². The number of hydrogen-bond acceptors (Lipinski definition) is 4. The van der Waals surface area contributed by atoms with Crippen molar-refractivity contribution in [2.75, 3.05) is 52.4 Å². The summed E-state index contributed by atoms with van der Waals surface area (Å²) in [4.78, 5) is 36.5. The number of carbonyl (C=O) groups excluding carboxylic acids is 2. The summed E-state index contributed by atoms with van der Waals surface area (Å²) in [6.45, 7) is 25.3. The van der Waals surface area contributed by atoms with Crippen molar-refractivity contribution >= 4 is 11.8 Å². The van der Waals surface area contributed by atoms with Crippen LogP contribution in [0.2, 0.25) is 0 Å². The van der Waals surface area contributed by atoms with Crippen LogP contribution in [0.15, 0.2) is 0 Å². The lowest BCUT2D eigenvalue weighted by molar-refractivity contribution is -0.133. The Hall–Kier alpha value is -1.58. The second-order valence-electron chi connectivity index (χ2n) is 18.4. The average molecular weight is 843 g/mol. The summed E-state index contributed by atoms with van der Waals surface area (Å²) < 4.78 is 0. The Bertz CT molecular complexity index is 923. The van der Waals surface area contributed by atoms with Crippen molar-refractivity contribution in [2.45, 2.75) is 273 Å². The molecule has 2 unspecified atom stereocenters. The Morgan fingerprint density at radius 1 is 0.367 bits per heavy atom. The number of unbranched alkanes of at least 4 members (excludes halogenated alkanes) is 24. The van der Waals surface area contributed by atoms with Gasteiger partial charge in [0.25, 0.3) is 0 Å². The maximum atomic E-state index is 13.7. The molecule has 6 nitrogen and oxygen atoms in total. The van der Waals surface area contributed by atoms with E-state index in [1.165, 1.54) is 141 Å². The normalized spacial score (nSPS) is 12.5. The Morgan fingerprint density at radius 2 is 0.617 bits per heavy atom. The SMILES string of the molecule is CCCCCCCCCCCCCCCC(=O)N(CC#CCN(C(=O)CCCCCCCCCCCCCCC)C(C)CCCN(CC)CC)C(C)CCCN(CC)CC. The van der Waals surface area contributed by atoms with E-state index in [1.54, 1.807) is 0 Å². The summed E-state index contributed by atoms with van der Waals surface area (Å²) in [5.41, 5.74) is 0. The van der Waals surface area contributed by atoms with E-state index < -0.39 is 0 Å². The molecule has 0 aliphatic heterocycles. The molecule has 6 heteroatoms. The van der Waals surface area contributed by atoms with Crippen molar-refractivity contribution in [1.82, 2.24) is 19.6 Å². The van der Waals surface area contributed by atoms with E-state index in [1.807, 2.05) is 0 Å². The van der Waals surface area contributed by atoms with Gasteiger partial charge in [-0.2, -0.15) is 0 Å². The summed E-state index contributed by atoms with van der Waals surface area (Å²) >= 11 is 0. The van der Waals surface area contributed by atoms with Crippen LogP contribution in [0.1, 0.15) is 261 Å². The van der Waals surface area contributed by atoms with Gasteiger partial charge in [-0.3, -0.25) is 9.59 Å². The molecule has 0 aromatic carbocycles. The van der Waals surface area contributed by atoms with Crippen molar-refractivity contribution in [1.29, 1.82) is 0 Å². The molecule has 0 heterocycles. The fourth-order valence-electron chi connectivity index (χ4n) is 8.75. The van der Waals surface area contributed by atoms with E-state index >= 15 is 0 Å². The van der Waals surface area contributed by atoms with Crippen LogP contribution in [0.4, 0.5) is 0 Å². The number of nitrogens with zero attached hydrogens (tertiary/aromatic N) is 4. The number of carbonyl (C=O) groups is 2. The molecule has 354 valence electrons. The standard InChI is InChI=1S/C54H106N4O2/c1-9-15-17-19-21-23-25-27-29-31-33-35-37-45-53(59)57(51(7)43-41-47-55(11-3)12-4)49-39-40-50-58(52(8)44-42-48-56(13-5)14-6)54(60)46-38-36-34-32-30-28-26-24-22-20-18-16-10-2/h51-52H,9-38,41-50H2,1-8H3. The van der Waals surface area contributed by atoms with Gasteiger partial charge in [0.05, 0.1) is 13.1 Å². The van der Waals surface area contributed by atoms with E-state index in [0.717, 1.165) is 90.6 Å². The van der Waals surface area contributed by atoms with Crippen molar-refractivity contribution < 1.29 is 9.59 Å². The summed E-state index contributed by atoms with van der Waals surface area (Å²) in [5, 5.41) is 0. The number of hydrogen-bond donors (Lipinski definition) is 0. The topological polar surface area (TPSA) is 47.1 Å². The fraction of sp³-hybridized carbons (Fsp3) is 0.926. The largest absolute Gasteiger partial charge is 0.329 e. The molecule has 0 aliphatic rings. The molecule has 0 aromatic heterocycles. The molecule has 0 spiro atoms. The van der Waals surface area contributed by atoms with E-state index in [-0.39, 0.29) is 23.9 Å². The molecular weight excluding hydrogens is 737 g/mol. The van der Waals surface area contributed by atoms with Crippen LogP contribution < -0.4 is 0 Å². The van der Waals surface area contributed by atoms with Gasteiger partial charge in [0.2, 0.25) is 11.8 Å². The zero-order chi connectivity index (χ0) is 44.3. The highest BCUT2D eigenvalue weighted by Crippen LogP contribution is 2.17. The average Bonchev–Trinajstić information content (AvgIpc) is 3.25. The molecule has 0 fully saturated rings. The molecular formula is C54H106N4O2. The molecule has 60 heavy (non-hydrogen) atoms. The Balaban J connectivity index is 5.19. The highest BCUT2D eigenvalue weighted by Gasteiger charge is 2.21. The van der Waals surface area contributed by atoms with Crippen LogP contribution in [0.3, 0.4) is 0 Å². The second kappa shape index (κ2) is 44.0. The highest BCUT2D eigenvalue weighted by atomic mass is 16.2. The van der Waals surface area contributed by atoms with Crippen molar-refractivity contribution in [3.8, 4) is 11.8 Å². The van der Waals surface area contributed by atoms with Crippen molar-refractivity contribution in [3.63, 3.8) is 0 Å². The second-order valence-corrected chi connectivity index (χ2v) is 18.4. The maximum Gasteiger partial charge on any atom is 0.223 e. The van der Waals surface area contributed by atoms with Crippen LogP contribution in [-0.2, 0) is 9.59 Å². The van der Waals surface area contributed by atoms with Gasteiger partial charge in [-0.05, 0) is 91.6 Å². The maximum absolute atomic E-state index is 13.7. The van der Waals surface area contributed by atoms with E-state index in [0.29, 0.717) is 25.9 Å². The summed E-state index contributed by atoms with van der Waals surface area (Å²) in [5.74, 6) is 7.33. The highest BCUT2D eigenvalue weighted by molar-refractivity contribution is 5.77. The van der Waals surface area contributed by atoms with Crippen molar-refractivity contribution in [2.24, 2.45) is 0 Å². The van der Waals surface area contributed by atoms with Crippen LogP contribution in [0, 0.1) is 11.8 Å². The first-order chi connectivity index (χ1) is 29.3. The van der Waals surface area contributed by atoms with E-state index in [4.69, 9.17) is 0 Å². The molecule has 0 rings (SSSR count). The first kappa shape index (κ1) is 58.4. The molecule has 0 saturated carbocycles. The Labute approximate surface area is 376 Å². The van der Waals surface area contributed by atoms with Gasteiger partial charge in [0.15, 0.2) is 0 Å². The third-order valence-electron chi connectivity index (χ3n) is 13.3. The van der Waals surface area contributed by atoms with Gasteiger partial charge in [-0.25, -0.2) is 0 Å². The van der Waals surface area contributed by atoms with Crippen LogP contribution >= 0.6 is 0 Å². The summed E-state index contributed by atoms with van der Waals surface area (Å²) in [6, 6.07) is 0.327. The lowest BCUT2D eigenvalue weighted by Gasteiger charge is -2.29. The fourth-order valence-corrected chi connectivity index (χ4v) is 8.75. The zero-order valence-electron chi connectivity index (χ0n) is 42.0. The minimum absolute atomic E-state index is 0.164. The molecule has 2 amide bonds. The van der Waals surface area contributed by atoms with Crippen molar-refractivity contribution in [3.05, 3.63) is 0 Å². The Morgan fingerprint density at radius 3 is 0.867 bits per heavy atom. The van der Waals surface area contributed by atoms with Gasteiger partial charge in [-0.15, -0.1) is 0 Å². The Kier molecular flexibility index (Phi) is 42.9. The minimum atomic E-state index is 0.164. The van der Waals surface area contributed by atoms with Gasteiger partial charge in [0, 0.05) is 24.9 Å². The third kappa shape index (κ3) is 34.0. The molecule has 0 saturated heterocycles. The lowest BCUT2D eigenvalue weighted by atomic mass is 10.0. The van der Waals surface area contributed by atoms with Gasteiger partial charge in [-0.1, -0.05) is 207 Å². The minimum Gasteiger partial charge on any atom is -0.329 e. The van der Waals surface area contributed by atoms with Crippen LogP contribution in [0.25, 0.3) is 0 Å². The van der Waals surface area contributed by atoms with E-state index in [9.17, 15) is 9.59 Å². The zero-order valence-corrected chi connectivity index (χ0v) is 42.0. The molecule has 2 atom stereocenters. The molecule has 0 aliphatic carbocycles. The summed E-state index contributed by atoms with van der Waals surface area (Å²) in [7, 11) is 0. The van der Waals surface area contributed by atoms with E-state index in [2.05, 4.69) is 86.8 Å². The summed E-state index contributed by atoms with van der Waals surface area (Å²) in [6.07, 6.45) is 39.5. The monoisotopic (exact) mass is 843 g/mol. The third-order valence-corrected chi connectivity index (χ3v) is 13.3. The van der Waals surface area contributed by atoms with Crippen LogP contribution in [-0.4, -0.2) is 95.9 Å². The van der Waals surface area contributed by atoms with Gasteiger partial charge >= 0.3 is 0 Å². The van der Waals surface area contributed by atoms with Crippen LogP contribution in [0.5, 0.6) is 0 Å². The quantitative estimate of drug-likeness (QED) is 0.0453. The first-order valence-electron chi connectivity index (χ1n) is 26.8. The molecule has 0 N–H and O–H groups in total. The molecule has 0 bridgehead atoms. The molecule has 0 aromatic rings. The predicted molar refractivity (Wildman–Crippen MR) is 265 cm³/mol. The smallest absolute Gasteiger partial charge is 0.223 e. The van der Waals surface area contributed by atoms with Gasteiger partial charge < -0.3 is 19.6 Å². The predicted octanol–water partition coefficient (Wildman–Crippen LogP) is 14.6. The number of rotatable bonds is 44. The lowest BCUT2D eigenvalue weighted by Crippen LogP contribution is -2.40. The number of amides is 2. The molecule has 0 radical (unpaired) electrons.